The fourth-order valence-corrected chi connectivity index (χ4v) is 2.18. The molecule has 0 unspecified atom stereocenters. The second-order valence-electron chi connectivity index (χ2n) is 5.18. The predicted molar refractivity (Wildman–Crippen MR) is 99.7 cm³/mol. The summed E-state index contributed by atoms with van der Waals surface area (Å²) < 4.78 is 11.2. The first-order valence-corrected chi connectivity index (χ1v) is 8.11. The van der Waals surface area contributed by atoms with Crippen molar-refractivity contribution in [3.63, 3.8) is 0 Å². The van der Waals surface area contributed by atoms with E-state index in [1.165, 1.54) is 14.2 Å². The number of oxime groups is 1. The molecule has 135 valence electrons. The standard InChI is InChI=1S/C18H21BN3O4/c1-19-12-26-16-10-6-9-15(21-16)25-11-13-7-4-5-8-14(13)17(22-24-3)18(23)20-2/h4-10H,11-12H2,1-3H3,(H,20,23)/b22-17+. The molecule has 0 aliphatic rings. The molecule has 0 fully saturated rings. The minimum atomic E-state index is -0.344. The van der Waals surface area contributed by atoms with Gasteiger partial charge in [0.1, 0.15) is 13.7 Å². The molecule has 1 amide bonds. The van der Waals surface area contributed by atoms with Crippen LogP contribution in [0.1, 0.15) is 11.1 Å². The number of nitrogens with zero attached hydrogens (tertiary/aromatic N) is 2. The Morgan fingerprint density at radius 2 is 1.88 bits per heavy atom. The Hall–Kier alpha value is -3.03. The summed E-state index contributed by atoms with van der Waals surface area (Å²) in [5.41, 5.74) is 1.58. The van der Waals surface area contributed by atoms with Crippen LogP contribution in [0.5, 0.6) is 11.8 Å². The minimum Gasteiger partial charge on any atom is -0.487 e. The maximum absolute atomic E-state index is 12.1. The quantitative estimate of drug-likeness (QED) is 0.422. The number of nitrogens with one attached hydrogen (secondary N) is 1. The second kappa shape index (κ2) is 10.1. The lowest BCUT2D eigenvalue weighted by atomic mass is 9.85. The zero-order valence-electron chi connectivity index (χ0n) is 15.1. The van der Waals surface area contributed by atoms with Crippen molar-refractivity contribution in [2.75, 3.05) is 20.7 Å². The van der Waals surface area contributed by atoms with Crippen LogP contribution in [0, 0.1) is 0 Å². The summed E-state index contributed by atoms with van der Waals surface area (Å²) in [5, 5.41) is 6.39. The van der Waals surface area contributed by atoms with Gasteiger partial charge in [-0.25, -0.2) is 0 Å². The number of ether oxygens (including phenoxy) is 2. The summed E-state index contributed by atoms with van der Waals surface area (Å²) in [6, 6.07) is 12.6. The summed E-state index contributed by atoms with van der Waals surface area (Å²) >= 11 is 0. The van der Waals surface area contributed by atoms with Crippen molar-refractivity contribution in [2.45, 2.75) is 13.4 Å². The Morgan fingerprint density at radius 3 is 2.58 bits per heavy atom. The van der Waals surface area contributed by atoms with Gasteiger partial charge >= 0.3 is 0 Å². The van der Waals surface area contributed by atoms with Crippen molar-refractivity contribution < 1.29 is 19.1 Å². The smallest absolute Gasteiger partial charge is 0.273 e. The maximum atomic E-state index is 12.1. The third-order valence-electron chi connectivity index (χ3n) is 3.37. The zero-order chi connectivity index (χ0) is 18.8. The topological polar surface area (TPSA) is 82.0 Å². The van der Waals surface area contributed by atoms with E-state index in [0.717, 1.165) is 5.56 Å². The number of hydrogen-bond acceptors (Lipinski definition) is 6. The van der Waals surface area contributed by atoms with Crippen molar-refractivity contribution >= 4 is 18.9 Å². The molecule has 2 aromatic rings. The van der Waals surface area contributed by atoms with Gasteiger partial charge in [0.25, 0.3) is 5.91 Å². The largest absolute Gasteiger partial charge is 0.487 e. The van der Waals surface area contributed by atoms with Crippen molar-refractivity contribution in [1.82, 2.24) is 10.3 Å². The summed E-state index contributed by atoms with van der Waals surface area (Å²) in [7, 11) is 4.82. The number of carbonyl (C=O) groups is 1. The van der Waals surface area contributed by atoms with Crippen LogP contribution in [-0.4, -0.2) is 44.5 Å². The van der Waals surface area contributed by atoms with Gasteiger partial charge in [0.15, 0.2) is 13.0 Å². The molecule has 1 radical (unpaired) electrons. The highest BCUT2D eigenvalue weighted by molar-refractivity contribution is 6.45. The highest BCUT2D eigenvalue weighted by Gasteiger charge is 2.17. The zero-order valence-corrected chi connectivity index (χ0v) is 15.1. The summed E-state index contributed by atoms with van der Waals surface area (Å²) in [6.07, 6.45) is 0. The van der Waals surface area contributed by atoms with E-state index in [-0.39, 0.29) is 18.2 Å². The molecule has 1 aromatic heterocycles. The molecule has 0 aliphatic heterocycles. The number of rotatable bonds is 9. The van der Waals surface area contributed by atoms with Gasteiger partial charge in [-0.1, -0.05) is 42.3 Å². The van der Waals surface area contributed by atoms with Crippen molar-refractivity contribution in [1.29, 1.82) is 0 Å². The average Bonchev–Trinajstić information content (AvgIpc) is 2.69. The van der Waals surface area contributed by atoms with Crippen molar-refractivity contribution in [3.05, 3.63) is 53.6 Å². The van der Waals surface area contributed by atoms with E-state index in [4.69, 9.17) is 14.3 Å². The molecule has 7 nitrogen and oxygen atoms in total. The second-order valence-corrected chi connectivity index (χ2v) is 5.18. The van der Waals surface area contributed by atoms with E-state index in [1.54, 1.807) is 18.2 Å². The third kappa shape index (κ3) is 5.24. The van der Waals surface area contributed by atoms with Crippen LogP contribution < -0.4 is 14.8 Å². The molecular weight excluding hydrogens is 333 g/mol. The molecule has 0 atom stereocenters. The van der Waals surface area contributed by atoms with Crippen LogP contribution in [0.25, 0.3) is 0 Å². The normalized spacial score (nSPS) is 10.8. The Morgan fingerprint density at radius 1 is 1.15 bits per heavy atom. The molecular formula is C18H21BN3O4. The van der Waals surface area contributed by atoms with Crippen molar-refractivity contribution in [3.8, 4) is 11.8 Å². The van der Waals surface area contributed by atoms with Gasteiger partial charge in [0.05, 0.1) is 6.51 Å². The lowest BCUT2D eigenvalue weighted by molar-refractivity contribution is -0.114. The van der Waals surface area contributed by atoms with Crippen LogP contribution >= 0.6 is 0 Å². The minimum absolute atomic E-state index is 0.178. The fraction of sp³-hybridized carbons (Fsp3) is 0.278. The number of aromatic nitrogens is 1. The molecule has 0 aliphatic carbocycles. The SMILES string of the molecule is C[B]COc1cccc(OCc2ccccc2/C(=N\OC)C(=O)NC)n1. The van der Waals surface area contributed by atoms with Gasteiger partial charge in [-0.2, -0.15) is 4.98 Å². The predicted octanol–water partition coefficient (Wildman–Crippen LogP) is 1.85. The first kappa shape index (κ1) is 19.3. The van der Waals surface area contributed by atoms with Crippen LogP contribution in [-0.2, 0) is 16.2 Å². The summed E-state index contributed by atoms with van der Waals surface area (Å²) in [4.78, 5) is 21.2. The first-order valence-electron chi connectivity index (χ1n) is 8.11. The Bertz CT molecular complexity index is 768. The van der Waals surface area contributed by atoms with Gasteiger partial charge in [0, 0.05) is 24.7 Å². The lowest BCUT2D eigenvalue weighted by Gasteiger charge is -2.12. The van der Waals surface area contributed by atoms with Crippen LogP contribution in [0.15, 0.2) is 47.6 Å². The van der Waals surface area contributed by atoms with E-state index in [2.05, 4.69) is 15.5 Å². The monoisotopic (exact) mass is 354 g/mol. The molecule has 1 N–H and O–H groups in total. The summed E-state index contributed by atoms with van der Waals surface area (Å²) in [6.45, 7) is 2.59. The Kier molecular flexibility index (Phi) is 7.48. The van der Waals surface area contributed by atoms with E-state index in [9.17, 15) is 4.79 Å². The van der Waals surface area contributed by atoms with Gasteiger partial charge < -0.3 is 19.6 Å². The van der Waals surface area contributed by atoms with Crippen molar-refractivity contribution in [2.24, 2.45) is 5.16 Å². The van der Waals surface area contributed by atoms with Crippen LogP contribution in [0.2, 0.25) is 6.82 Å². The highest BCUT2D eigenvalue weighted by atomic mass is 16.6. The number of carbonyl (C=O) groups excluding carboxylic acids is 1. The number of hydrogen-bond donors (Lipinski definition) is 1. The van der Waals surface area contributed by atoms with Gasteiger partial charge in [-0.05, 0) is 5.56 Å². The molecule has 0 spiro atoms. The number of amides is 1. The van der Waals surface area contributed by atoms with Gasteiger partial charge in [0.2, 0.25) is 11.8 Å². The third-order valence-corrected chi connectivity index (χ3v) is 3.37. The molecule has 1 aromatic carbocycles. The first-order chi connectivity index (χ1) is 12.7. The molecule has 0 bridgehead atoms. The Labute approximate surface area is 153 Å². The Balaban J connectivity index is 2.18. The maximum Gasteiger partial charge on any atom is 0.273 e. The lowest BCUT2D eigenvalue weighted by Crippen LogP contribution is -2.29. The van der Waals surface area contributed by atoms with Crippen LogP contribution in [0.4, 0.5) is 0 Å². The number of pyridine rings is 1. The molecule has 0 saturated heterocycles. The van der Waals surface area contributed by atoms with Gasteiger partial charge in [-0.15, -0.1) is 0 Å². The van der Waals surface area contributed by atoms with E-state index in [1.807, 2.05) is 38.4 Å². The number of benzene rings is 1. The molecule has 1 heterocycles. The van der Waals surface area contributed by atoms with E-state index >= 15 is 0 Å². The highest BCUT2D eigenvalue weighted by Crippen LogP contribution is 2.17. The molecule has 26 heavy (non-hydrogen) atoms. The summed E-state index contributed by atoms with van der Waals surface area (Å²) in [5.74, 6) is 0.572. The number of likely N-dealkylation sites (N-methyl/N-ethyl adjacent to an activating group) is 1. The molecule has 0 saturated carbocycles. The average molecular weight is 354 g/mol. The fourth-order valence-electron chi connectivity index (χ4n) is 2.18. The molecule has 8 heteroatoms. The van der Waals surface area contributed by atoms with Gasteiger partial charge in [-0.3, -0.25) is 4.79 Å². The molecule has 2 rings (SSSR count). The van der Waals surface area contributed by atoms with E-state index < -0.39 is 0 Å². The van der Waals surface area contributed by atoms with Crippen LogP contribution in [0.3, 0.4) is 0 Å². The van der Waals surface area contributed by atoms with E-state index in [0.29, 0.717) is 23.8 Å².